The van der Waals surface area contributed by atoms with Crippen molar-refractivity contribution < 1.29 is 30.0 Å². The number of hydrogen-bond donors (Lipinski definition) is 1. The monoisotopic (exact) mass is 853 g/mol. The zero-order chi connectivity index (χ0) is 34.8. The fourth-order valence-corrected chi connectivity index (χ4v) is 9.10. The molecule has 0 amide bonds. The van der Waals surface area contributed by atoms with Crippen molar-refractivity contribution in [3.8, 4) is 11.3 Å². The fraction of sp³-hybridized carbons (Fsp3) is 0.455. The van der Waals surface area contributed by atoms with Crippen LogP contribution >= 0.6 is 11.3 Å². The third-order valence-corrected chi connectivity index (χ3v) is 11.7. The summed E-state index contributed by atoms with van der Waals surface area (Å²) < 4.78 is 2.74. The third kappa shape index (κ3) is 8.06. The number of hydrogen-bond acceptors (Lipinski definition) is 4. The second-order valence-electron chi connectivity index (χ2n) is 15.2. The molecule has 263 valence electrons. The second-order valence-corrected chi connectivity index (χ2v) is 16.3. The molecule has 1 aliphatic rings. The number of nitrogens with zero attached hydrogens (tertiary/aromatic N) is 1. The van der Waals surface area contributed by atoms with Crippen LogP contribution < -0.4 is 0 Å². The molecule has 5 aromatic rings. The number of carbonyl (C=O) groups is 1. The van der Waals surface area contributed by atoms with Crippen LogP contribution in [0, 0.1) is 17.9 Å². The summed E-state index contributed by atoms with van der Waals surface area (Å²) in [5, 5.41) is 14.9. The number of aliphatic hydroxyl groups excluding tert-OH is 1. The van der Waals surface area contributed by atoms with Gasteiger partial charge < -0.3 is 5.11 Å². The average Bonchev–Trinajstić information content (AvgIpc) is 3.44. The van der Waals surface area contributed by atoms with Crippen LogP contribution in [0.4, 0.5) is 0 Å². The van der Waals surface area contributed by atoms with Gasteiger partial charge in [0, 0.05) is 64.7 Å². The van der Waals surface area contributed by atoms with Gasteiger partial charge in [0.2, 0.25) is 0 Å². The minimum absolute atomic E-state index is 0. The largest absolute Gasteiger partial charge is 0.512 e. The van der Waals surface area contributed by atoms with E-state index in [1.165, 1.54) is 67.4 Å². The Kier molecular flexibility index (Phi) is 12.7. The quantitative estimate of drug-likeness (QED) is 0.0961. The Hall–Kier alpha value is -2.85. The molecule has 0 spiro atoms. The fourth-order valence-electron chi connectivity index (χ4n) is 7.55. The summed E-state index contributed by atoms with van der Waals surface area (Å²) in [6, 6.07) is 21.6. The summed E-state index contributed by atoms with van der Waals surface area (Å²) in [7, 11) is 0. The zero-order valence-corrected chi connectivity index (χ0v) is 34.1. The molecule has 6 rings (SSSR count). The number of pyridine rings is 1. The number of carbonyl (C=O) groups excluding carboxylic acids is 1. The SMILES string of the molecule is CC(C)(C)c1cc(-c2nccc3c2sc2c4c(ccc23)CCCC4(C)C)[c-]c2ccccc12.CCC(CC)C(=O)/C=C(\O)C(CC)CC.[Ir]. The van der Waals surface area contributed by atoms with Gasteiger partial charge in [-0.05, 0) is 78.4 Å². The van der Waals surface area contributed by atoms with Gasteiger partial charge in [0.25, 0.3) is 0 Å². The molecule has 1 aliphatic carbocycles. The normalized spacial score (nSPS) is 14.6. The van der Waals surface area contributed by atoms with Crippen LogP contribution in [-0.4, -0.2) is 15.9 Å². The van der Waals surface area contributed by atoms with E-state index in [9.17, 15) is 9.90 Å². The number of ketones is 1. The Morgan fingerprint density at radius 2 is 1.59 bits per heavy atom. The molecule has 0 saturated carbocycles. The summed E-state index contributed by atoms with van der Waals surface area (Å²) in [6.45, 7) is 19.8. The van der Waals surface area contributed by atoms with E-state index in [0.717, 1.165) is 36.9 Å². The standard InChI is InChI=1S/C31H30NS.C13H24O2.Ir/c1-30(2,3)25-18-21(17-20-9-6-7-11-22(20)25)27-29-24(14-16-32-27)23-13-12-19-10-8-15-31(4,5)26(19)28(23)33-29;1-5-10(6-2)12(14)9-13(15)11(7-3)8-4;/h6-7,9,11-14,16,18H,8,10,15H2,1-5H3;9-11,14H,5-8H2,1-4H3;/q-1;;/b;12-9-;. The van der Waals surface area contributed by atoms with E-state index in [1.807, 2.05) is 45.2 Å². The molecule has 3 nitrogen and oxygen atoms in total. The van der Waals surface area contributed by atoms with E-state index in [1.54, 1.807) is 5.56 Å². The van der Waals surface area contributed by atoms with Gasteiger partial charge in [-0.1, -0.05) is 104 Å². The summed E-state index contributed by atoms with van der Waals surface area (Å²) in [5.74, 6) is 0.547. The third-order valence-electron chi connectivity index (χ3n) is 10.5. The number of thiophene rings is 1. The molecule has 0 fully saturated rings. The first-order valence-electron chi connectivity index (χ1n) is 18.1. The van der Waals surface area contributed by atoms with Gasteiger partial charge in [-0.3, -0.25) is 9.78 Å². The molecule has 5 heteroatoms. The van der Waals surface area contributed by atoms with Crippen LogP contribution in [0.3, 0.4) is 0 Å². The number of fused-ring (bicyclic) bond motifs is 6. The average molecular weight is 853 g/mol. The van der Waals surface area contributed by atoms with E-state index in [0.29, 0.717) is 0 Å². The minimum Gasteiger partial charge on any atom is -0.512 e. The van der Waals surface area contributed by atoms with Gasteiger partial charge in [0.15, 0.2) is 5.78 Å². The van der Waals surface area contributed by atoms with Gasteiger partial charge in [-0.2, -0.15) is 0 Å². The molecule has 1 N–H and O–H groups in total. The number of aryl methyl sites for hydroxylation is 1. The maximum Gasteiger partial charge on any atom is 0.162 e. The molecule has 2 heterocycles. The Morgan fingerprint density at radius 1 is 0.939 bits per heavy atom. The van der Waals surface area contributed by atoms with Crippen molar-refractivity contribution in [3.05, 3.63) is 89.3 Å². The van der Waals surface area contributed by atoms with Crippen molar-refractivity contribution in [2.24, 2.45) is 11.8 Å². The summed E-state index contributed by atoms with van der Waals surface area (Å²) in [6.07, 6.45) is 10.6. The van der Waals surface area contributed by atoms with Gasteiger partial charge in [0.1, 0.15) is 0 Å². The number of aromatic nitrogens is 1. The Morgan fingerprint density at radius 3 is 2.24 bits per heavy atom. The Bertz CT molecular complexity index is 1950. The summed E-state index contributed by atoms with van der Waals surface area (Å²) >= 11 is 1.94. The van der Waals surface area contributed by atoms with Crippen LogP contribution in [0.5, 0.6) is 0 Å². The number of benzene rings is 3. The molecule has 2 aromatic heterocycles. The molecule has 49 heavy (non-hydrogen) atoms. The maximum atomic E-state index is 11.7. The molecule has 1 radical (unpaired) electrons. The number of rotatable bonds is 8. The van der Waals surface area contributed by atoms with Crippen LogP contribution in [0.1, 0.15) is 118 Å². The Balaban J connectivity index is 0.000000290. The van der Waals surface area contributed by atoms with Crippen molar-refractivity contribution >= 4 is 48.1 Å². The minimum atomic E-state index is 0. The van der Waals surface area contributed by atoms with E-state index < -0.39 is 0 Å². The Labute approximate surface area is 312 Å². The molecular weight excluding hydrogens is 799 g/mol. The van der Waals surface area contributed by atoms with Crippen LogP contribution in [0.2, 0.25) is 0 Å². The molecule has 3 aromatic carbocycles. The summed E-state index contributed by atoms with van der Waals surface area (Å²) in [5.41, 5.74) is 6.88. The zero-order valence-electron chi connectivity index (χ0n) is 30.9. The van der Waals surface area contributed by atoms with Gasteiger partial charge in [-0.15, -0.1) is 40.5 Å². The van der Waals surface area contributed by atoms with Gasteiger partial charge >= 0.3 is 0 Å². The van der Waals surface area contributed by atoms with Gasteiger partial charge in [0.05, 0.1) is 5.76 Å². The van der Waals surface area contributed by atoms with Crippen LogP contribution in [0.25, 0.3) is 42.2 Å². The van der Waals surface area contributed by atoms with Crippen molar-refractivity contribution in [2.75, 3.05) is 0 Å². The number of aliphatic hydroxyl groups is 1. The molecule has 0 saturated heterocycles. The van der Waals surface area contributed by atoms with E-state index >= 15 is 0 Å². The molecule has 0 unspecified atom stereocenters. The number of allylic oxidation sites excluding steroid dienone is 2. The predicted octanol–water partition coefficient (Wildman–Crippen LogP) is 12.8. The second kappa shape index (κ2) is 16.0. The molecular formula is C44H54IrNO2S-. The molecule has 0 atom stereocenters. The first-order chi connectivity index (χ1) is 22.8. The summed E-state index contributed by atoms with van der Waals surface area (Å²) in [4.78, 5) is 16.6. The van der Waals surface area contributed by atoms with Crippen LogP contribution in [-0.2, 0) is 42.2 Å². The smallest absolute Gasteiger partial charge is 0.162 e. The van der Waals surface area contributed by atoms with E-state index in [2.05, 4.69) is 89.2 Å². The molecule has 0 aliphatic heterocycles. The van der Waals surface area contributed by atoms with E-state index in [-0.39, 0.29) is 54.3 Å². The topological polar surface area (TPSA) is 50.2 Å². The van der Waals surface area contributed by atoms with E-state index in [4.69, 9.17) is 4.98 Å². The predicted molar refractivity (Wildman–Crippen MR) is 207 cm³/mol. The van der Waals surface area contributed by atoms with Crippen molar-refractivity contribution in [1.82, 2.24) is 4.98 Å². The van der Waals surface area contributed by atoms with Crippen molar-refractivity contribution in [2.45, 2.75) is 118 Å². The van der Waals surface area contributed by atoms with Crippen LogP contribution in [0.15, 0.2) is 66.6 Å². The maximum absolute atomic E-state index is 11.7. The van der Waals surface area contributed by atoms with Crippen molar-refractivity contribution in [1.29, 1.82) is 0 Å². The first-order valence-corrected chi connectivity index (χ1v) is 18.9. The van der Waals surface area contributed by atoms with Crippen molar-refractivity contribution in [3.63, 3.8) is 0 Å². The van der Waals surface area contributed by atoms with Gasteiger partial charge in [-0.25, -0.2) is 0 Å². The first kappa shape index (κ1) is 38.9. The molecule has 0 bridgehead atoms.